The van der Waals surface area contributed by atoms with Gasteiger partial charge in [-0.3, -0.25) is 9.78 Å². The smallest absolute Gasteiger partial charge is 0.227 e. The van der Waals surface area contributed by atoms with Crippen LogP contribution in [0.4, 0.5) is 0 Å². The largest absolute Gasteiger partial charge is 0.342 e. The fourth-order valence-corrected chi connectivity index (χ4v) is 3.48. The molecule has 1 aliphatic heterocycles. The minimum atomic E-state index is 0.232. The summed E-state index contributed by atoms with van der Waals surface area (Å²) in [6.45, 7) is 3.80. The van der Waals surface area contributed by atoms with E-state index < -0.39 is 0 Å². The Balaban J connectivity index is 1.77. The summed E-state index contributed by atoms with van der Waals surface area (Å²) in [6, 6.07) is 3.90. The Hall–Kier alpha value is -1.75. The average Bonchev–Trinajstić information content (AvgIpc) is 3.10. The second-order valence-electron chi connectivity index (χ2n) is 5.03. The van der Waals surface area contributed by atoms with E-state index >= 15 is 0 Å². The van der Waals surface area contributed by atoms with Crippen LogP contribution in [0.15, 0.2) is 24.5 Å². The number of aromatic nitrogens is 2. The van der Waals surface area contributed by atoms with Crippen LogP contribution in [0, 0.1) is 6.92 Å². The van der Waals surface area contributed by atoms with E-state index in [0.29, 0.717) is 6.42 Å². The molecule has 5 heteroatoms. The van der Waals surface area contributed by atoms with Gasteiger partial charge < -0.3 is 4.90 Å². The Morgan fingerprint density at radius 2 is 2.00 bits per heavy atom. The van der Waals surface area contributed by atoms with Crippen LogP contribution in [0.1, 0.15) is 23.4 Å². The number of hydrogen-bond donors (Lipinski definition) is 0. The molecule has 1 aliphatic rings. The van der Waals surface area contributed by atoms with Gasteiger partial charge in [0.25, 0.3) is 0 Å². The van der Waals surface area contributed by atoms with Gasteiger partial charge in [0.05, 0.1) is 12.1 Å². The fourth-order valence-electron chi connectivity index (χ4n) is 2.43. The molecule has 0 N–H and O–H groups in total. The third kappa shape index (κ3) is 2.72. The van der Waals surface area contributed by atoms with Crippen LogP contribution < -0.4 is 0 Å². The van der Waals surface area contributed by atoms with Crippen molar-refractivity contribution in [2.45, 2.75) is 26.2 Å². The van der Waals surface area contributed by atoms with Crippen molar-refractivity contribution in [3.63, 3.8) is 0 Å². The zero-order chi connectivity index (χ0) is 13.9. The lowest BCUT2D eigenvalue weighted by Gasteiger charge is -2.14. The summed E-state index contributed by atoms with van der Waals surface area (Å²) in [5, 5.41) is 0.967. The van der Waals surface area contributed by atoms with Crippen molar-refractivity contribution in [3.05, 3.63) is 35.1 Å². The maximum Gasteiger partial charge on any atom is 0.227 e. The molecule has 2 aromatic heterocycles. The van der Waals surface area contributed by atoms with Crippen LogP contribution in [-0.4, -0.2) is 33.9 Å². The number of carbonyl (C=O) groups is 1. The summed E-state index contributed by atoms with van der Waals surface area (Å²) in [5.74, 6) is 0.232. The third-order valence-electron chi connectivity index (χ3n) is 3.59. The number of aryl methyl sites for hydroxylation is 1. The summed E-state index contributed by atoms with van der Waals surface area (Å²) >= 11 is 1.61. The minimum Gasteiger partial charge on any atom is -0.342 e. The SMILES string of the molecule is Cc1nc(-c2ccncc2)sc1CC(=O)N1CCCC1. The van der Waals surface area contributed by atoms with Gasteiger partial charge in [-0.05, 0) is 31.9 Å². The number of pyridine rings is 1. The second kappa shape index (κ2) is 5.71. The monoisotopic (exact) mass is 287 g/mol. The lowest BCUT2D eigenvalue weighted by atomic mass is 10.2. The molecule has 0 aromatic carbocycles. The number of thiazole rings is 1. The molecule has 0 saturated carbocycles. The normalized spacial score (nSPS) is 14.8. The number of nitrogens with zero attached hydrogens (tertiary/aromatic N) is 3. The lowest BCUT2D eigenvalue weighted by Crippen LogP contribution is -2.28. The van der Waals surface area contributed by atoms with Gasteiger partial charge in [-0.25, -0.2) is 4.98 Å². The number of hydrogen-bond acceptors (Lipinski definition) is 4. The summed E-state index contributed by atoms with van der Waals surface area (Å²) in [4.78, 5) is 23.8. The Morgan fingerprint density at radius 3 is 2.70 bits per heavy atom. The predicted octanol–water partition coefficient (Wildman–Crippen LogP) is 2.68. The average molecular weight is 287 g/mol. The van der Waals surface area contributed by atoms with Gasteiger partial charge >= 0.3 is 0 Å². The van der Waals surface area contributed by atoms with Crippen LogP contribution in [0.25, 0.3) is 10.6 Å². The molecule has 1 saturated heterocycles. The van der Waals surface area contributed by atoms with Crippen LogP contribution in [-0.2, 0) is 11.2 Å². The van der Waals surface area contributed by atoms with E-state index in [-0.39, 0.29) is 5.91 Å². The molecule has 0 aliphatic carbocycles. The van der Waals surface area contributed by atoms with Crippen molar-refractivity contribution >= 4 is 17.2 Å². The van der Waals surface area contributed by atoms with Crippen molar-refractivity contribution in [2.24, 2.45) is 0 Å². The zero-order valence-electron chi connectivity index (χ0n) is 11.5. The quantitative estimate of drug-likeness (QED) is 0.872. The van der Waals surface area contributed by atoms with Gasteiger partial charge in [-0.1, -0.05) is 0 Å². The first kappa shape index (κ1) is 13.2. The van der Waals surface area contributed by atoms with E-state index in [1.165, 1.54) is 0 Å². The molecule has 0 atom stereocenters. The van der Waals surface area contributed by atoms with Crippen molar-refractivity contribution in [3.8, 4) is 10.6 Å². The molecule has 3 heterocycles. The summed E-state index contributed by atoms with van der Waals surface area (Å²) in [6.07, 6.45) is 6.28. The standard InChI is InChI=1S/C15H17N3OS/c1-11-13(10-14(19)18-8-2-3-9-18)20-15(17-11)12-4-6-16-7-5-12/h4-7H,2-3,8-10H2,1H3. The topological polar surface area (TPSA) is 46.1 Å². The van der Waals surface area contributed by atoms with Crippen molar-refractivity contribution in [2.75, 3.05) is 13.1 Å². The Bertz CT molecular complexity index is 603. The molecule has 2 aromatic rings. The molecule has 1 amide bonds. The highest BCUT2D eigenvalue weighted by atomic mass is 32.1. The van der Waals surface area contributed by atoms with E-state index in [0.717, 1.165) is 47.1 Å². The second-order valence-corrected chi connectivity index (χ2v) is 6.11. The highest BCUT2D eigenvalue weighted by molar-refractivity contribution is 7.15. The lowest BCUT2D eigenvalue weighted by molar-refractivity contribution is -0.129. The van der Waals surface area contributed by atoms with Gasteiger partial charge in [0.1, 0.15) is 5.01 Å². The van der Waals surface area contributed by atoms with E-state index in [2.05, 4.69) is 9.97 Å². The molecule has 4 nitrogen and oxygen atoms in total. The van der Waals surface area contributed by atoms with E-state index in [1.807, 2.05) is 24.0 Å². The molecule has 0 unspecified atom stereocenters. The predicted molar refractivity (Wildman–Crippen MR) is 79.6 cm³/mol. The van der Waals surface area contributed by atoms with Gasteiger partial charge in [0, 0.05) is 35.9 Å². The Morgan fingerprint density at radius 1 is 1.30 bits per heavy atom. The maximum absolute atomic E-state index is 12.2. The highest BCUT2D eigenvalue weighted by Crippen LogP contribution is 2.28. The molecule has 0 spiro atoms. The third-order valence-corrected chi connectivity index (χ3v) is 4.80. The molecule has 0 radical (unpaired) electrons. The first-order chi connectivity index (χ1) is 9.74. The first-order valence-electron chi connectivity index (χ1n) is 6.88. The van der Waals surface area contributed by atoms with Crippen LogP contribution in [0.5, 0.6) is 0 Å². The van der Waals surface area contributed by atoms with E-state index in [4.69, 9.17) is 0 Å². The van der Waals surface area contributed by atoms with Crippen molar-refractivity contribution < 1.29 is 4.79 Å². The van der Waals surface area contributed by atoms with Crippen molar-refractivity contribution in [1.29, 1.82) is 0 Å². The maximum atomic E-state index is 12.2. The number of amides is 1. The Labute approximate surface area is 122 Å². The first-order valence-corrected chi connectivity index (χ1v) is 7.70. The summed E-state index contributed by atoms with van der Waals surface area (Å²) < 4.78 is 0. The molecule has 0 bridgehead atoms. The van der Waals surface area contributed by atoms with Crippen LogP contribution in [0.2, 0.25) is 0 Å². The van der Waals surface area contributed by atoms with Gasteiger partial charge in [0.2, 0.25) is 5.91 Å². The molecular weight excluding hydrogens is 270 g/mol. The van der Waals surface area contributed by atoms with Crippen molar-refractivity contribution in [1.82, 2.24) is 14.9 Å². The molecule has 3 rings (SSSR count). The zero-order valence-corrected chi connectivity index (χ0v) is 12.3. The fraction of sp³-hybridized carbons (Fsp3) is 0.400. The molecular formula is C15H17N3OS. The number of carbonyl (C=O) groups excluding carboxylic acids is 1. The Kier molecular flexibility index (Phi) is 3.78. The molecule has 104 valence electrons. The number of rotatable bonds is 3. The van der Waals surface area contributed by atoms with E-state index in [9.17, 15) is 4.79 Å². The van der Waals surface area contributed by atoms with Crippen LogP contribution in [0.3, 0.4) is 0 Å². The molecule has 20 heavy (non-hydrogen) atoms. The van der Waals surface area contributed by atoms with Crippen LogP contribution >= 0.6 is 11.3 Å². The van der Waals surface area contributed by atoms with Gasteiger partial charge in [-0.15, -0.1) is 11.3 Å². The summed E-state index contributed by atoms with van der Waals surface area (Å²) in [5.41, 5.74) is 2.03. The highest BCUT2D eigenvalue weighted by Gasteiger charge is 2.20. The van der Waals surface area contributed by atoms with Gasteiger partial charge in [-0.2, -0.15) is 0 Å². The van der Waals surface area contributed by atoms with E-state index in [1.54, 1.807) is 23.7 Å². The number of likely N-dealkylation sites (tertiary alicyclic amines) is 1. The molecule has 1 fully saturated rings. The van der Waals surface area contributed by atoms with Gasteiger partial charge in [0.15, 0.2) is 0 Å². The summed E-state index contributed by atoms with van der Waals surface area (Å²) in [7, 11) is 0. The minimum absolute atomic E-state index is 0.232.